The summed E-state index contributed by atoms with van der Waals surface area (Å²) in [6.07, 6.45) is -49.3. The van der Waals surface area contributed by atoms with Gasteiger partial charge in [-0.2, -0.15) is 0 Å². The Hall–Kier alpha value is -8.42. The molecule has 46 nitrogen and oxygen atoms in total. The standard InChI is InChI=1S/C46H72N18O28/c1-3-5-18-25(65)32(72)43(81)88-23(10-15-57-63-51)30(70)39(84-16-4-2)45(83)89-21(8-13-55-61-49)28(68)36(76)44(82)92-38-24(17-58-64-52)91-46(37(77)31(38)71)90-22(9-14-56-62-50)29(69)35(75)42(80)87-20(7-12-54-60-48)27(67)34(74)41(79)86-19(6-11-53-59-47)26(66)33(73)40(78)85-18/h4,18-24,27,31,34,37-38,40-46,65-83H,2-3,5-17H2,1H3/b32-25-,33-26+,35-29+,36-28+,39-30+. The summed E-state index contributed by atoms with van der Waals surface area (Å²) >= 11 is 0. The molecule has 46 heteroatoms. The van der Waals surface area contributed by atoms with E-state index in [1.54, 1.807) is 0 Å². The maximum absolute atomic E-state index is 11.6. The highest BCUT2D eigenvalue weighted by Gasteiger charge is 2.49. The summed E-state index contributed by atoms with van der Waals surface area (Å²) in [5.41, 5.74) is 54.1. The van der Waals surface area contributed by atoms with Crippen LogP contribution < -0.4 is 0 Å². The Morgan fingerprint density at radius 1 is 0.391 bits per heavy atom. The van der Waals surface area contributed by atoms with Crippen LogP contribution in [-0.4, -0.2) is 260 Å². The molecule has 19 N–H and O–H groups in total. The van der Waals surface area contributed by atoms with Gasteiger partial charge in [0.1, 0.15) is 67.6 Å². The molecular weight excluding hydrogens is 1250 g/mol. The highest BCUT2D eigenvalue weighted by Crippen LogP contribution is 2.32. The molecule has 0 amide bonds. The quantitative estimate of drug-likeness (QED) is 0.0321. The van der Waals surface area contributed by atoms with Crippen LogP contribution in [0.25, 0.3) is 62.7 Å². The van der Waals surface area contributed by atoms with Gasteiger partial charge in [0.05, 0.1) is 18.8 Å². The van der Waals surface area contributed by atoms with Crippen LogP contribution in [0.3, 0.4) is 0 Å². The second-order valence-corrected chi connectivity index (χ2v) is 18.9. The smallest absolute Gasteiger partial charge is 0.218 e. The van der Waals surface area contributed by atoms with Crippen LogP contribution in [0.15, 0.2) is 101 Å². The third kappa shape index (κ3) is 24.3. The van der Waals surface area contributed by atoms with Crippen molar-refractivity contribution in [1.29, 1.82) is 0 Å². The number of nitrogens with zero attached hydrogens (tertiary/aromatic N) is 18. The van der Waals surface area contributed by atoms with Crippen molar-refractivity contribution in [3.05, 3.63) is 133 Å². The molecule has 0 aromatic heterocycles. The fraction of sp³-hybridized carbons (Fsp3) is 0.739. The average Bonchev–Trinajstić information content (AvgIpc) is 0.839. The fourth-order valence-electron chi connectivity index (χ4n) is 8.13. The second kappa shape index (κ2) is 41.9. The van der Waals surface area contributed by atoms with E-state index >= 15 is 0 Å². The zero-order valence-electron chi connectivity index (χ0n) is 48.4. The molecule has 1 fully saturated rings. The minimum atomic E-state index is -2.87. The van der Waals surface area contributed by atoms with Gasteiger partial charge in [-0.05, 0) is 71.7 Å². The Morgan fingerprint density at radius 2 is 0.761 bits per heavy atom. The summed E-state index contributed by atoms with van der Waals surface area (Å²) in [7, 11) is 0. The fourth-order valence-corrected chi connectivity index (χ4v) is 8.13. The lowest BCUT2D eigenvalue weighted by atomic mass is 9.98. The molecule has 19 unspecified atom stereocenters. The van der Waals surface area contributed by atoms with E-state index in [0.717, 1.165) is 6.08 Å². The van der Waals surface area contributed by atoms with E-state index in [0.29, 0.717) is 0 Å². The van der Waals surface area contributed by atoms with Gasteiger partial charge in [-0.3, -0.25) is 0 Å². The maximum atomic E-state index is 11.6. The van der Waals surface area contributed by atoms with Gasteiger partial charge in [0.25, 0.3) is 0 Å². The van der Waals surface area contributed by atoms with Crippen LogP contribution in [0.1, 0.15) is 51.9 Å². The van der Waals surface area contributed by atoms with Crippen LogP contribution in [-0.2, 0) is 42.6 Å². The Morgan fingerprint density at radius 3 is 1.18 bits per heavy atom. The molecule has 0 aromatic carbocycles. The topological polar surface area (TPSA) is 760 Å². The third-order valence-electron chi connectivity index (χ3n) is 12.7. The molecule has 0 spiro atoms. The molecule has 3 rings (SSSR count). The Labute approximate surface area is 517 Å². The lowest BCUT2D eigenvalue weighted by molar-refractivity contribution is -0.323. The number of hydrogen-bond donors (Lipinski definition) is 19. The van der Waals surface area contributed by atoms with Gasteiger partial charge in [0.2, 0.25) is 31.5 Å². The molecule has 3 aliphatic rings. The minimum Gasteiger partial charge on any atom is -0.506 e. The van der Waals surface area contributed by atoms with Crippen molar-refractivity contribution in [3.63, 3.8) is 0 Å². The summed E-state index contributed by atoms with van der Waals surface area (Å²) in [5.74, 6) is -14.8. The SMILES string of the molecule is C=CCO/C1=C(/O)C(CCN=[N+]=[N-])OC(O)/C(O)=C(/O)C(CCC)OC(O)/C(O)=C(\O)C(CCN=[N+]=[N-])OC(O)C(O)C(O)C(CCN=[N+]=[N-])OC(O)/C(O)=C(\O)C(CCN=[N+]=[N-])OC2OC(CN=[N+]=[N-])C(OC(O)/C(O)=C(\O)C(CCN=[N+]=[N-])OC1O)C(O)C2O. The van der Waals surface area contributed by atoms with E-state index in [-0.39, 0.29) is 6.42 Å². The molecule has 0 aliphatic carbocycles. The molecular formula is C46H72N18O28. The summed E-state index contributed by atoms with van der Waals surface area (Å²) < 4.78 is 48.8. The number of ether oxygens (including phenoxy) is 9. The number of rotatable bonds is 22. The van der Waals surface area contributed by atoms with E-state index in [1.165, 1.54) is 6.92 Å². The van der Waals surface area contributed by atoms with E-state index in [4.69, 9.17) is 70.3 Å². The van der Waals surface area contributed by atoms with Gasteiger partial charge in [-0.1, -0.05) is 56.7 Å². The first kappa shape index (κ1) is 79.7. The lowest BCUT2D eigenvalue weighted by Gasteiger charge is -2.43. The Balaban J connectivity index is 3.12. The van der Waals surface area contributed by atoms with Crippen molar-refractivity contribution in [2.75, 3.05) is 45.9 Å². The molecule has 3 heterocycles. The van der Waals surface area contributed by atoms with Crippen molar-refractivity contribution < 1.29 is 140 Å². The number of aliphatic hydroxyl groups excluding tert-OH is 19. The van der Waals surface area contributed by atoms with Gasteiger partial charge in [-0.15, -0.1) is 0 Å². The molecule has 0 aromatic rings. The molecule has 19 atom stereocenters. The number of azide groups is 6. The van der Waals surface area contributed by atoms with Crippen molar-refractivity contribution in [3.8, 4) is 0 Å². The zero-order valence-corrected chi connectivity index (χ0v) is 48.4. The second-order valence-electron chi connectivity index (χ2n) is 18.9. The maximum Gasteiger partial charge on any atom is 0.218 e. The first-order valence-electron chi connectivity index (χ1n) is 27.0. The largest absolute Gasteiger partial charge is 0.506 e. The summed E-state index contributed by atoms with van der Waals surface area (Å²) in [6.45, 7) is 0.0194. The Bertz CT molecular complexity index is 2840. The molecule has 514 valence electrons. The summed E-state index contributed by atoms with van der Waals surface area (Å²) in [6, 6.07) is 0. The van der Waals surface area contributed by atoms with Crippen molar-refractivity contribution in [1.82, 2.24) is 0 Å². The summed E-state index contributed by atoms with van der Waals surface area (Å²) in [5, 5.41) is 233. The summed E-state index contributed by atoms with van der Waals surface area (Å²) in [4.78, 5) is 15.2. The Kier molecular flexibility index (Phi) is 36.3. The molecule has 2 bridgehead atoms. The number of aliphatic hydroxyl groups is 19. The zero-order chi connectivity index (χ0) is 69.2. The highest BCUT2D eigenvalue weighted by atomic mass is 16.7. The highest BCUT2D eigenvalue weighted by molar-refractivity contribution is 5.15. The van der Waals surface area contributed by atoms with Gasteiger partial charge in [0, 0.05) is 62.2 Å². The molecule has 1 saturated heterocycles. The van der Waals surface area contributed by atoms with Crippen molar-refractivity contribution in [2.45, 2.75) is 169 Å². The predicted octanol–water partition coefficient (Wildman–Crippen LogP) is 2.67. The predicted molar refractivity (Wildman–Crippen MR) is 300 cm³/mol. The van der Waals surface area contributed by atoms with Crippen LogP contribution >= 0.6 is 0 Å². The third-order valence-corrected chi connectivity index (χ3v) is 12.7. The molecule has 0 radical (unpaired) electrons. The average molecular weight is 1330 g/mol. The van der Waals surface area contributed by atoms with Gasteiger partial charge >= 0.3 is 0 Å². The van der Waals surface area contributed by atoms with Crippen LogP contribution in [0.4, 0.5) is 0 Å². The number of fused-ring (bicyclic) bond motifs is 27. The first-order valence-corrected chi connectivity index (χ1v) is 27.0. The van der Waals surface area contributed by atoms with Crippen molar-refractivity contribution in [2.24, 2.45) is 30.7 Å². The normalized spacial score (nSPS) is 35.7. The van der Waals surface area contributed by atoms with Crippen molar-refractivity contribution >= 4 is 0 Å². The van der Waals surface area contributed by atoms with Crippen LogP contribution in [0.5, 0.6) is 0 Å². The first-order chi connectivity index (χ1) is 43.8. The van der Waals surface area contributed by atoms with Gasteiger partial charge < -0.3 is 140 Å². The lowest BCUT2D eigenvalue weighted by Crippen LogP contribution is -2.61. The minimum absolute atomic E-state index is 0.0248. The molecule has 92 heavy (non-hydrogen) atoms. The monoisotopic (exact) mass is 1320 g/mol. The van der Waals surface area contributed by atoms with E-state index in [2.05, 4.69) is 66.7 Å². The molecule has 3 aliphatic heterocycles. The number of hydrogen-bond acceptors (Lipinski definition) is 34. The molecule has 0 saturated carbocycles. The van der Waals surface area contributed by atoms with Gasteiger partial charge in [0.15, 0.2) is 70.2 Å². The van der Waals surface area contributed by atoms with E-state index in [1.807, 2.05) is 0 Å². The van der Waals surface area contributed by atoms with Crippen LogP contribution in [0.2, 0.25) is 0 Å². The van der Waals surface area contributed by atoms with Crippen LogP contribution in [0, 0.1) is 0 Å². The van der Waals surface area contributed by atoms with E-state index < -0.39 is 259 Å². The van der Waals surface area contributed by atoms with E-state index in [9.17, 15) is 103 Å². The van der Waals surface area contributed by atoms with Gasteiger partial charge in [-0.25, -0.2) is 0 Å².